The van der Waals surface area contributed by atoms with Gasteiger partial charge >= 0.3 is 5.97 Å². The van der Waals surface area contributed by atoms with Crippen LogP contribution < -0.4 is 9.47 Å². The van der Waals surface area contributed by atoms with Crippen molar-refractivity contribution in [1.29, 1.82) is 0 Å². The molecule has 4 bridgehead atoms. The Morgan fingerprint density at radius 1 is 1.13 bits per heavy atom. The maximum absolute atomic E-state index is 15.2. The molecule has 7 atom stereocenters. The van der Waals surface area contributed by atoms with Crippen molar-refractivity contribution in [1.82, 2.24) is 0 Å². The number of phenols is 1. The van der Waals surface area contributed by atoms with Gasteiger partial charge in [0.25, 0.3) is 0 Å². The summed E-state index contributed by atoms with van der Waals surface area (Å²) in [6, 6.07) is 0. The molecule has 1 spiro atoms. The molecular weight excluding hydrogens is 596 g/mol. The number of phenolic OH excluding ortho intramolecular Hbond substituents is 1. The number of carbonyl (C=O) groups is 3. The molecule has 252 valence electrons. The Kier molecular flexibility index (Phi) is 7.00. The zero-order valence-corrected chi connectivity index (χ0v) is 28.3. The summed E-state index contributed by atoms with van der Waals surface area (Å²) in [5.41, 5.74) is -6.82. The van der Waals surface area contributed by atoms with E-state index >= 15 is 4.79 Å². The Morgan fingerprint density at radius 3 is 2.35 bits per heavy atom. The standard InChI is InChI=1S/C35H46O11/c1-16(28(38)39)11-14-34-29(40)33(43-10)15-19(32(7,8)46-34)35(34)21(27(33)42-9)24(37)20-23(36)18(12-13-30(3,4)41)25-22(26(20)45-35)31(5,6)17(2)44-25/h11,17,19,21,27,36,41H,12-15H2,1-10H3,(H,38,39). The van der Waals surface area contributed by atoms with Gasteiger partial charge in [-0.1, -0.05) is 19.9 Å². The van der Waals surface area contributed by atoms with Crippen LogP contribution in [-0.2, 0) is 35.6 Å². The minimum absolute atomic E-state index is 0.0112. The highest BCUT2D eigenvalue weighted by Gasteiger charge is 2.90. The van der Waals surface area contributed by atoms with Gasteiger partial charge in [-0.05, 0) is 60.8 Å². The number of carbonyl (C=O) groups excluding carboxylic acids is 2. The van der Waals surface area contributed by atoms with Crippen molar-refractivity contribution in [2.75, 3.05) is 14.2 Å². The van der Waals surface area contributed by atoms with E-state index in [1.807, 2.05) is 34.6 Å². The van der Waals surface area contributed by atoms with E-state index in [1.54, 1.807) is 13.8 Å². The lowest BCUT2D eigenvalue weighted by Gasteiger charge is -2.65. The van der Waals surface area contributed by atoms with Crippen LogP contribution in [0.2, 0.25) is 0 Å². The number of carboxylic acids is 1. The largest absolute Gasteiger partial charge is 0.507 e. The number of methoxy groups -OCH3 is 2. The van der Waals surface area contributed by atoms with E-state index in [0.717, 1.165) is 0 Å². The summed E-state index contributed by atoms with van der Waals surface area (Å²) in [5, 5.41) is 32.2. The van der Waals surface area contributed by atoms with Crippen LogP contribution in [-0.4, -0.2) is 87.3 Å². The van der Waals surface area contributed by atoms with E-state index in [-0.39, 0.29) is 54.4 Å². The Bertz CT molecular complexity index is 1580. The number of Topliss-reactive ketones (excluding diaryl/α,β-unsaturated/α-hetero) is 2. The van der Waals surface area contributed by atoms with Gasteiger partial charge in [0, 0.05) is 48.7 Å². The maximum Gasteiger partial charge on any atom is 0.330 e. The highest BCUT2D eigenvalue weighted by atomic mass is 16.6. The van der Waals surface area contributed by atoms with Gasteiger partial charge in [-0.25, -0.2) is 4.79 Å². The van der Waals surface area contributed by atoms with Gasteiger partial charge in [0.05, 0.1) is 17.1 Å². The molecule has 6 aliphatic rings. The summed E-state index contributed by atoms with van der Waals surface area (Å²) in [6.07, 6.45) is 0.464. The van der Waals surface area contributed by atoms with Gasteiger partial charge in [0.15, 0.2) is 22.6 Å². The molecular formula is C35H46O11. The fourth-order valence-corrected chi connectivity index (χ4v) is 9.12. The van der Waals surface area contributed by atoms with Crippen molar-refractivity contribution in [3.8, 4) is 17.2 Å². The van der Waals surface area contributed by atoms with Gasteiger partial charge in [-0.3, -0.25) is 9.59 Å². The van der Waals surface area contributed by atoms with Crippen LogP contribution in [0.25, 0.3) is 0 Å². The molecule has 0 radical (unpaired) electrons. The van der Waals surface area contributed by atoms with Crippen molar-refractivity contribution in [3.63, 3.8) is 0 Å². The summed E-state index contributed by atoms with van der Waals surface area (Å²) in [4.78, 5) is 42.0. The summed E-state index contributed by atoms with van der Waals surface area (Å²) in [5.74, 6) is -3.57. The van der Waals surface area contributed by atoms with Gasteiger partial charge < -0.3 is 39.0 Å². The number of ether oxygens (including phenoxy) is 5. The zero-order valence-electron chi connectivity index (χ0n) is 28.3. The predicted molar refractivity (Wildman–Crippen MR) is 165 cm³/mol. The fraction of sp³-hybridized carbons (Fsp3) is 0.686. The Morgan fingerprint density at radius 2 is 1.78 bits per heavy atom. The van der Waals surface area contributed by atoms with Crippen LogP contribution in [0, 0.1) is 11.8 Å². The lowest BCUT2D eigenvalue weighted by Crippen LogP contribution is -2.86. The van der Waals surface area contributed by atoms with Crippen molar-refractivity contribution in [2.24, 2.45) is 11.8 Å². The van der Waals surface area contributed by atoms with Crippen LogP contribution in [0.15, 0.2) is 11.6 Å². The lowest BCUT2D eigenvalue weighted by atomic mass is 9.44. The van der Waals surface area contributed by atoms with E-state index < -0.39 is 68.9 Å². The predicted octanol–water partition coefficient (Wildman–Crippen LogP) is 4.06. The number of carboxylic acid groups (broad SMARTS) is 1. The molecule has 1 aromatic carbocycles. The monoisotopic (exact) mass is 642 g/mol. The second-order valence-electron chi connectivity index (χ2n) is 15.5. The Hall–Kier alpha value is -2.99. The van der Waals surface area contributed by atoms with Crippen LogP contribution >= 0.6 is 0 Å². The van der Waals surface area contributed by atoms with Crippen LogP contribution in [0.5, 0.6) is 17.2 Å². The molecule has 4 fully saturated rings. The topological polar surface area (TPSA) is 158 Å². The molecule has 0 amide bonds. The highest BCUT2D eigenvalue weighted by Crippen LogP contribution is 2.72. The van der Waals surface area contributed by atoms with Gasteiger partial charge in [-0.15, -0.1) is 0 Å². The summed E-state index contributed by atoms with van der Waals surface area (Å²) in [6.45, 7) is 14.3. The summed E-state index contributed by atoms with van der Waals surface area (Å²) >= 11 is 0. The second-order valence-corrected chi connectivity index (χ2v) is 15.5. The molecule has 3 aliphatic carbocycles. The number of aliphatic carboxylic acids is 1. The number of ketones is 2. The number of fused-ring (bicyclic) bond motifs is 3. The molecule has 7 rings (SSSR count). The first-order chi connectivity index (χ1) is 21.2. The number of hydrogen-bond acceptors (Lipinski definition) is 10. The van der Waals surface area contributed by atoms with Crippen molar-refractivity contribution >= 4 is 17.5 Å². The average molecular weight is 643 g/mol. The lowest BCUT2D eigenvalue weighted by molar-refractivity contribution is -0.267. The minimum atomic E-state index is -1.82. The third-order valence-corrected chi connectivity index (χ3v) is 11.8. The van der Waals surface area contributed by atoms with E-state index in [1.165, 1.54) is 27.2 Å². The third-order valence-electron chi connectivity index (χ3n) is 11.8. The summed E-state index contributed by atoms with van der Waals surface area (Å²) < 4.78 is 32.5. The van der Waals surface area contributed by atoms with Crippen molar-refractivity contribution < 1.29 is 53.4 Å². The molecule has 3 N–H and O–H groups in total. The molecule has 46 heavy (non-hydrogen) atoms. The number of benzene rings is 1. The highest BCUT2D eigenvalue weighted by molar-refractivity contribution is 6.11. The number of aliphatic hydroxyl groups is 1. The molecule has 11 nitrogen and oxygen atoms in total. The van der Waals surface area contributed by atoms with Gasteiger partial charge in [0.2, 0.25) is 5.78 Å². The van der Waals surface area contributed by atoms with Crippen molar-refractivity contribution in [3.05, 3.63) is 28.3 Å². The molecule has 3 saturated carbocycles. The van der Waals surface area contributed by atoms with E-state index in [9.17, 15) is 24.9 Å². The molecule has 0 aromatic heterocycles. The quantitative estimate of drug-likeness (QED) is 0.351. The number of hydrogen-bond donors (Lipinski definition) is 3. The second kappa shape index (κ2) is 9.78. The summed E-state index contributed by atoms with van der Waals surface area (Å²) in [7, 11) is 2.82. The number of rotatable bonds is 8. The molecule has 1 saturated heterocycles. The van der Waals surface area contributed by atoms with E-state index in [4.69, 9.17) is 23.7 Å². The van der Waals surface area contributed by atoms with Crippen molar-refractivity contribution in [2.45, 2.75) is 127 Å². The average Bonchev–Trinajstić information content (AvgIpc) is 3.27. The maximum atomic E-state index is 15.2. The van der Waals surface area contributed by atoms with Gasteiger partial charge in [-0.2, -0.15) is 0 Å². The minimum Gasteiger partial charge on any atom is -0.507 e. The van der Waals surface area contributed by atoms with Crippen LogP contribution in [0.3, 0.4) is 0 Å². The SMILES string of the molecule is COC1C2C(=O)c3c(O)c(CCC(C)(C)O)c4c(c3OC23C2CC1(OC)C(=O)C3(CC=C(C)C(=O)O)OC2(C)C)C(C)(C)C(C)O4. The normalized spacial score (nSPS) is 36.5. The van der Waals surface area contributed by atoms with E-state index in [2.05, 4.69) is 0 Å². The van der Waals surface area contributed by atoms with Crippen LogP contribution in [0.1, 0.15) is 96.1 Å². The first-order valence-electron chi connectivity index (χ1n) is 16.0. The Labute approximate surface area is 269 Å². The fourth-order valence-electron chi connectivity index (χ4n) is 9.12. The van der Waals surface area contributed by atoms with Crippen LogP contribution in [0.4, 0.5) is 0 Å². The van der Waals surface area contributed by atoms with Gasteiger partial charge in [0.1, 0.15) is 35.0 Å². The molecule has 1 aromatic rings. The molecule has 11 heteroatoms. The van der Waals surface area contributed by atoms with E-state index in [0.29, 0.717) is 16.9 Å². The molecule has 3 aliphatic heterocycles. The first kappa shape index (κ1) is 32.9. The Balaban J connectivity index is 1.69. The first-order valence-corrected chi connectivity index (χ1v) is 16.0. The number of aromatic hydroxyl groups is 1. The molecule has 7 unspecified atom stereocenters. The molecule has 3 heterocycles. The zero-order chi connectivity index (χ0) is 34.2. The third kappa shape index (κ3) is 3.82. The smallest absolute Gasteiger partial charge is 0.330 e.